The Hall–Kier alpha value is -1.83. The summed E-state index contributed by atoms with van der Waals surface area (Å²) in [6, 6.07) is 8.53. The van der Waals surface area contributed by atoms with Gasteiger partial charge in [0.2, 0.25) is 0 Å². The quantitative estimate of drug-likeness (QED) is 0.602. The molecule has 2 heterocycles. The van der Waals surface area contributed by atoms with Crippen molar-refractivity contribution >= 4 is 16.6 Å². The Bertz CT molecular complexity index is 665. The van der Waals surface area contributed by atoms with Crippen LogP contribution in [0.4, 0.5) is 0 Å². The van der Waals surface area contributed by atoms with E-state index in [2.05, 4.69) is 47.5 Å². The van der Waals surface area contributed by atoms with Gasteiger partial charge < -0.3 is 0 Å². The molecule has 3 rings (SSSR count). The SMILES string of the molecule is CCc1c(C)c2nccn2c2ccccc12. The maximum Gasteiger partial charge on any atom is 0.140 e. The van der Waals surface area contributed by atoms with Crippen molar-refractivity contribution in [3.05, 3.63) is 47.8 Å². The Labute approximate surface area is 94.5 Å². The number of benzene rings is 1. The summed E-state index contributed by atoms with van der Waals surface area (Å²) in [6.45, 7) is 4.36. The molecule has 0 atom stereocenters. The highest BCUT2D eigenvalue weighted by atomic mass is 15.0. The van der Waals surface area contributed by atoms with E-state index in [1.165, 1.54) is 22.0 Å². The Morgan fingerprint density at radius 1 is 1.25 bits per heavy atom. The van der Waals surface area contributed by atoms with Crippen molar-refractivity contribution in [3.63, 3.8) is 0 Å². The van der Waals surface area contributed by atoms with Crippen molar-refractivity contribution in [1.29, 1.82) is 0 Å². The molecule has 3 aromatic rings. The van der Waals surface area contributed by atoms with E-state index in [4.69, 9.17) is 0 Å². The summed E-state index contributed by atoms with van der Waals surface area (Å²) < 4.78 is 2.17. The molecule has 0 N–H and O–H groups in total. The van der Waals surface area contributed by atoms with Gasteiger partial charge in [0.05, 0.1) is 5.52 Å². The van der Waals surface area contributed by atoms with Gasteiger partial charge in [-0.2, -0.15) is 0 Å². The van der Waals surface area contributed by atoms with E-state index in [1.54, 1.807) is 0 Å². The molecule has 0 spiro atoms. The summed E-state index contributed by atoms with van der Waals surface area (Å²) in [5, 5.41) is 1.34. The summed E-state index contributed by atoms with van der Waals surface area (Å²) in [5.74, 6) is 0. The van der Waals surface area contributed by atoms with Gasteiger partial charge >= 0.3 is 0 Å². The third kappa shape index (κ3) is 1.10. The van der Waals surface area contributed by atoms with Crippen LogP contribution in [0.25, 0.3) is 16.6 Å². The number of fused-ring (bicyclic) bond motifs is 3. The summed E-state index contributed by atoms with van der Waals surface area (Å²) >= 11 is 0. The lowest BCUT2D eigenvalue weighted by Crippen LogP contribution is -1.97. The normalized spacial score (nSPS) is 11.4. The second-order valence-corrected chi connectivity index (χ2v) is 4.10. The van der Waals surface area contributed by atoms with Crippen LogP contribution in [0.5, 0.6) is 0 Å². The Morgan fingerprint density at radius 2 is 2.06 bits per heavy atom. The average molecular weight is 210 g/mol. The molecule has 2 aromatic heterocycles. The Balaban J connectivity index is 2.64. The maximum absolute atomic E-state index is 4.44. The van der Waals surface area contributed by atoms with Gasteiger partial charge in [0.1, 0.15) is 5.65 Å². The minimum atomic E-state index is 1.05. The molecule has 16 heavy (non-hydrogen) atoms. The highest BCUT2D eigenvalue weighted by Gasteiger charge is 2.09. The molecular formula is C14H14N2. The lowest BCUT2D eigenvalue weighted by atomic mass is 10.0. The zero-order valence-electron chi connectivity index (χ0n) is 9.57. The Kier molecular flexibility index (Phi) is 1.96. The zero-order valence-corrected chi connectivity index (χ0v) is 9.57. The minimum Gasteiger partial charge on any atom is -0.299 e. The number of aromatic nitrogens is 2. The number of nitrogens with zero attached hydrogens (tertiary/aromatic N) is 2. The lowest BCUT2D eigenvalue weighted by molar-refractivity contribution is 1.10. The van der Waals surface area contributed by atoms with Crippen LogP contribution >= 0.6 is 0 Å². The van der Waals surface area contributed by atoms with Crippen molar-refractivity contribution in [2.45, 2.75) is 20.3 Å². The summed E-state index contributed by atoms with van der Waals surface area (Å²) in [6.07, 6.45) is 4.95. The van der Waals surface area contributed by atoms with E-state index in [0.29, 0.717) is 0 Å². The van der Waals surface area contributed by atoms with Crippen molar-refractivity contribution in [1.82, 2.24) is 9.38 Å². The second kappa shape index (κ2) is 3.34. The maximum atomic E-state index is 4.44. The molecule has 0 aliphatic carbocycles. The molecule has 0 amide bonds. The first kappa shape index (κ1) is 9.40. The predicted octanol–water partition coefficient (Wildman–Crippen LogP) is 3.36. The number of para-hydroxylation sites is 1. The lowest BCUT2D eigenvalue weighted by Gasteiger charge is -2.11. The number of hydrogen-bond donors (Lipinski definition) is 0. The highest BCUT2D eigenvalue weighted by molar-refractivity contribution is 5.87. The average Bonchev–Trinajstić information content (AvgIpc) is 2.79. The van der Waals surface area contributed by atoms with E-state index in [1.807, 2.05) is 12.4 Å². The first-order valence-electron chi connectivity index (χ1n) is 5.66. The van der Waals surface area contributed by atoms with Gasteiger partial charge in [0.15, 0.2) is 0 Å². The van der Waals surface area contributed by atoms with Crippen LogP contribution in [0.15, 0.2) is 36.7 Å². The first-order chi connectivity index (χ1) is 7.83. The summed E-state index contributed by atoms with van der Waals surface area (Å²) in [4.78, 5) is 4.44. The van der Waals surface area contributed by atoms with Crippen molar-refractivity contribution < 1.29 is 0 Å². The number of rotatable bonds is 1. The fourth-order valence-electron chi connectivity index (χ4n) is 2.51. The van der Waals surface area contributed by atoms with Gasteiger partial charge in [-0.25, -0.2) is 4.98 Å². The number of hydrogen-bond acceptors (Lipinski definition) is 1. The highest BCUT2D eigenvalue weighted by Crippen LogP contribution is 2.25. The van der Waals surface area contributed by atoms with Crippen LogP contribution in [0, 0.1) is 6.92 Å². The van der Waals surface area contributed by atoms with E-state index in [0.717, 1.165) is 12.1 Å². The van der Waals surface area contributed by atoms with Crippen LogP contribution in [-0.2, 0) is 6.42 Å². The number of aryl methyl sites for hydroxylation is 2. The molecule has 0 fully saturated rings. The van der Waals surface area contributed by atoms with Gasteiger partial charge in [-0.05, 0) is 30.5 Å². The molecule has 0 aliphatic rings. The molecule has 0 aliphatic heterocycles. The van der Waals surface area contributed by atoms with Crippen molar-refractivity contribution in [3.8, 4) is 0 Å². The third-order valence-electron chi connectivity index (χ3n) is 3.27. The van der Waals surface area contributed by atoms with Crippen molar-refractivity contribution in [2.24, 2.45) is 0 Å². The molecule has 0 radical (unpaired) electrons. The van der Waals surface area contributed by atoms with Crippen molar-refractivity contribution in [2.75, 3.05) is 0 Å². The minimum absolute atomic E-state index is 1.05. The fraction of sp³-hybridized carbons (Fsp3) is 0.214. The van der Waals surface area contributed by atoms with Gasteiger partial charge in [0, 0.05) is 17.8 Å². The molecule has 1 aromatic carbocycles. The van der Waals surface area contributed by atoms with E-state index in [-0.39, 0.29) is 0 Å². The molecular weight excluding hydrogens is 196 g/mol. The van der Waals surface area contributed by atoms with Gasteiger partial charge in [-0.15, -0.1) is 0 Å². The van der Waals surface area contributed by atoms with Crippen LogP contribution in [-0.4, -0.2) is 9.38 Å². The second-order valence-electron chi connectivity index (χ2n) is 4.10. The van der Waals surface area contributed by atoms with Gasteiger partial charge in [-0.3, -0.25) is 4.40 Å². The van der Waals surface area contributed by atoms with Crippen LogP contribution < -0.4 is 0 Å². The van der Waals surface area contributed by atoms with E-state index >= 15 is 0 Å². The summed E-state index contributed by atoms with van der Waals surface area (Å²) in [5.41, 5.74) is 5.04. The predicted molar refractivity (Wildman–Crippen MR) is 66.8 cm³/mol. The molecule has 0 bridgehead atoms. The standard InChI is InChI=1S/C14H14N2/c1-3-11-10(2)14-15-8-9-16(14)13-7-5-4-6-12(11)13/h4-9H,3H2,1-2H3. The molecule has 2 heteroatoms. The molecule has 0 saturated carbocycles. The molecule has 80 valence electrons. The molecule has 0 saturated heterocycles. The van der Waals surface area contributed by atoms with E-state index in [9.17, 15) is 0 Å². The largest absolute Gasteiger partial charge is 0.299 e. The number of imidazole rings is 1. The van der Waals surface area contributed by atoms with E-state index < -0.39 is 0 Å². The van der Waals surface area contributed by atoms with Crippen LogP contribution in [0.1, 0.15) is 18.1 Å². The fourth-order valence-corrected chi connectivity index (χ4v) is 2.51. The smallest absolute Gasteiger partial charge is 0.140 e. The Morgan fingerprint density at radius 3 is 2.88 bits per heavy atom. The molecule has 2 nitrogen and oxygen atoms in total. The number of pyridine rings is 1. The monoisotopic (exact) mass is 210 g/mol. The van der Waals surface area contributed by atoms with Gasteiger partial charge in [-0.1, -0.05) is 25.1 Å². The zero-order chi connectivity index (χ0) is 11.1. The third-order valence-corrected chi connectivity index (χ3v) is 3.27. The van der Waals surface area contributed by atoms with Gasteiger partial charge in [0.25, 0.3) is 0 Å². The topological polar surface area (TPSA) is 17.3 Å². The van der Waals surface area contributed by atoms with Crippen LogP contribution in [0.3, 0.4) is 0 Å². The first-order valence-corrected chi connectivity index (χ1v) is 5.66. The summed E-state index contributed by atoms with van der Waals surface area (Å²) in [7, 11) is 0. The van der Waals surface area contributed by atoms with Crippen LogP contribution in [0.2, 0.25) is 0 Å². The molecule has 0 unspecified atom stereocenters.